The molecule has 1 N–H and O–H groups in total. The fourth-order valence-electron chi connectivity index (χ4n) is 2.87. The number of benzene rings is 1. The van der Waals surface area contributed by atoms with Gasteiger partial charge in [-0.15, -0.1) is 0 Å². The number of hydrogen-bond acceptors (Lipinski definition) is 7. The number of methoxy groups -OCH3 is 2. The first kappa shape index (κ1) is 19.8. The maximum atomic E-state index is 12.4. The van der Waals surface area contributed by atoms with Crippen molar-refractivity contribution in [2.45, 2.75) is 6.42 Å². The Morgan fingerprint density at radius 2 is 1.97 bits per heavy atom. The van der Waals surface area contributed by atoms with Crippen LogP contribution in [0.3, 0.4) is 0 Å². The molecule has 0 radical (unpaired) electrons. The van der Waals surface area contributed by atoms with Gasteiger partial charge in [-0.2, -0.15) is 0 Å². The van der Waals surface area contributed by atoms with E-state index in [2.05, 4.69) is 10.3 Å². The van der Waals surface area contributed by atoms with Crippen LogP contribution in [-0.4, -0.2) is 41.0 Å². The topological polar surface area (TPSA) is 125 Å². The molecule has 1 amide bonds. The number of nitrogens with one attached hydrogen (secondary N) is 1. The Kier molecular flexibility index (Phi) is 5.72. The average molecular weight is 398 g/mol. The van der Waals surface area contributed by atoms with Crippen LogP contribution in [0.25, 0.3) is 5.65 Å². The molecule has 3 aromatic rings. The van der Waals surface area contributed by atoms with Crippen molar-refractivity contribution in [1.82, 2.24) is 14.7 Å². The summed E-state index contributed by atoms with van der Waals surface area (Å²) in [5.74, 6) is -0.0254. The average Bonchev–Trinajstić information content (AvgIpc) is 2.73. The molecule has 10 nitrogen and oxygen atoms in total. The third-order valence-corrected chi connectivity index (χ3v) is 4.32. The summed E-state index contributed by atoms with van der Waals surface area (Å²) in [6, 6.07) is 7.82. The highest BCUT2D eigenvalue weighted by atomic mass is 16.6. The molecule has 29 heavy (non-hydrogen) atoms. The molecule has 1 aromatic carbocycles. The highest BCUT2D eigenvalue weighted by Gasteiger charge is 2.20. The molecule has 2 aromatic heterocycles. The van der Waals surface area contributed by atoms with Crippen molar-refractivity contribution >= 4 is 17.2 Å². The molecule has 0 fully saturated rings. The Hall–Kier alpha value is -3.95. The van der Waals surface area contributed by atoms with Gasteiger partial charge >= 0.3 is 0 Å². The summed E-state index contributed by atoms with van der Waals surface area (Å²) in [6.45, 7) is 0.0755. The molecule has 0 aliphatic heterocycles. The molecule has 0 aliphatic rings. The lowest BCUT2D eigenvalue weighted by atomic mass is 10.1. The number of aromatic nitrogens is 2. The first-order chi connectivity index (χ1) is 14.0. The minimum Gasteiger partial charge on any atom is -0.493 e. The summed E-state index contributed by atoms with van der Waals surface area (Å²) < 4.78 is 11.5. The minimum absolute atomic E-state index is 0.0755. The zero-order valence-electron chi connectivity index (χ0n) is 15.7. The maximum absolute atomic E-state index is 12.4. The number of nitro groups is 1. The molecule has 0 atom stereocenters. The van der Waals surface area contributed by atoms with Crippen molar-refractivity contribution in [3.8, 4) is 11.5 Å². The zero-order chi connectivity index (χ0) is 21.0. The Bertz CT molecular complexity index is 1140. The zero-order valence-corrected chi connectivity index (χ0v) is 15.7. The Balaban J connectivity index is 1.78. The predicted molar refractivity (Wildman–Crippen MR) is 104 cm³/mol. The van der Waals surface area contributed by atoms with Crippen molar-refractivity contribution in [2.24, 2.45) is 0 Å². The first-order valence-electron chi connectivity index (χ1n) is 8.60. The van der Waals surface area contributed by atoms with Crippen LogP contribution in [0.4, 0.5) is 5.69 Å². The lowest BCUT2D eigenvalue weighted by molar-refractivity contribution is -0.385. The lowest BCUT2D eigenvalue weighted by Crippen LogP contribution is -2.32. The third-order valence-electron chi connectivity index (χ3n) is 4.32. The van der Waals surface area contributed by atoms with Crippen LogP contribution in [0.1, 0.15) is 15.9 Å². The van der Waals surface area contributed by atoms with Crippen molar-refractivity contribution in [3.05, 3.63) is 74.3 Å². The number of carbonyl (C=O) groups excluding carboxylic acids is 1. The van der Waals surface area contributed by atoms with Gasteiger partial charge in [-0.1, -0.05) is 6.07 Å². The molecule has 10 heteroatoms. The van der Waals surface area contributed by atoms with Crippen LogP contribution in [0.5, 0.6) is 11.5 Å². The van der Waals surface area contributed by atoms with Crippen molar-refractivity contribution in [2.75, 3.05) is 20.8 Å². The van der Waals surface area contributed by atoms with E-state index in [1.54, 1.807) is 18.2 Å². The van der Waals surface area contributed by atoms with Gasteiger partial charge in [-0.05, 0) is 24.6 Å². The SMILES string of the molecule is COc1cc(CCNC(=O)c2cnc3ccccn3c2=O)c([N+](=O)[O-])cc1OC. The number of nitro benzene ring substituents is 1. The quantitative estimate of drug-likeness (QED) is 0.473. The molecular weight excluding hydrogens is 380 g/mol. The summed E-state index contributed by atoms with van der Waals surface area (Å²) in [7, 11) is 2.81. The second kappa shape index (κ2) is 8.38. The van der Waals surface area contributed by atoms with E-state index >= 15 is 0 Å². The van der Waals surface area contributed by atoms with E-state index in [4.69, 9.17) is 9.47 Å². The Labute approximate surface area is 164 Å². The summed E-state index contributed by atoms with van der Waals surface area (Å²) in [4.78, 5) is 39.8. The largest absolute Gasteiger partial charge is 0.493 e. The monoisotopic (exact) mass is 398 g/mol. The lowest BCUT2D eigenvalue weighted by Gasteiger charge is -2.11. The van der Waals surface area contributed by atoms with Crippen LogP contribution in [-0.2, 0) is 6.42 Å². The molecule has 2 heterocycles. The number of ether oxygens (including phenoxy) is 2. The van der Waals surface area contributed by atoms with Crippen molar-refractivity contribution in [3.63, 3.8) is 0 Å². The maximum Gasteiger partial charge on any atom is 0.276 e. The van der Waals surface area contributed by atoms with E-state index in [-0.39, 0.29) is 30.0 Å². The molecule has 0 unspecified atom stereocenters. The van der Waals surface area contributed by atoms with Gasteiger partial charge in [0.1, 0.15) is 11.2 Å². The van der Waals surface area contributed by atoms with Gasteiger partial charge in [0.05, 0.1) is 25.2 Å². The summed E-state index contributed by atoms with van der Waals surface area (Å²) >= 11 is 0. The van der Waals surface area contributed by atoms with Crippen LogP contribution < -0.4 is 20.3 Å². The normalized spacial score (nSPS) is 10.6. The molecule has 0 aliphatic carbocycles. The number of nitrogens with zero attached hydrogens (tertiary/aromatic N) is 3. The van der Waals surface area contributed by atoms with Gasteiger partial charge < -0.3 is 14.8 Å². The van der Waals surface area contributed by atoms with E-state index in [0.29, 0.717) is 17.0 Å². The van der Waals surface area contributed by atoms with Crippen LogP contribution in [0.15, 0.2) is 47.5 Å². The van der Waals surface area contributed by atoms with Crippen LogP contribution >= 0.6 is 0 Å². The number of hydrogen-bond donors (Lipinski definition) is 1. The molecule has 0 spiro atoms. The highest BCUT2D eigenvalue weighted by molar-refractivity contribution is 5.93. The second-order valence-electron chi connectivity index (χ2n) is 6.00. The van der Waals surface area contributed by atoms with Gasteiger partial charge in [0.2, 0.25) is 0 Å². The summed E-state index contributed by atoms with van der Waals surface area (Å²) in [5.41, 5.74) is 0.0290. The van der Waals surface area contributed by atoms with Crippen LogP contribution in [0, 0.1) is 10.1 Å². The molecular formula is C19H18N4O6. The summed E-state index contributed by atoms with van der Waals surface area (Å²) in [5, 5.41) is 13.9. The fraction of sp³-hybridized carbons (Fsp3) is 0.211. The molecule has 0 saturated heterocycles. The molecule has 3 rings (SSSR count). The van der Waals surface area contributed by atoms with Gasteiger partial charge in [-0.3, -0.25) is 24.1 Å². The number of rotatable bonds is 7. The second-order valence-corrected chi connectivity index (χ2v) is 6.00. The van der Waals surface area contributed by atoms with Gasteiger partial charge in [-0.25, -0.2) is 4.98 Å². The number of fused-ring (bicyclic) bond motifs is 1. The minimum atomic E-state index is -0.608. The molecule has 150 valence electrons. The Morgan fingerprint density at radius 3 is 2.66 bits per heavy atom. The fourth-order valence-corrected chi connectivity index (χ4v) is 2.87. The number of carbonyl (C=O) groups is 1. The summed E-state index contributed by atoms with van der Waals surface area (Å²) in [6.07, 6.45) is 2.89. The number of amides is 1. The first-order valence-corrected chi connectivity index (χ1v) is 8.60. The van der Waals surface area contributed by atoms with Gasteiger partial charge in [0, 0.05) is 24.5 Å². The van der Waals surface area contributed by atoms with Gasteiger partial charge in [0.25, 0.3) is 17.2 Å². The smallest absolute Gasteiger partial charge is 0.276 e. The Morgan fingerprint density at radius 1 is 1.24 bits per heavy atom. The molecule has 0 bridgehead atoms. The number of pyridine rings is 1. The van der Waals surface area contributed by atoms with Crippen LogP contribution in [0.2, 0.25) is 0 Å². The van der Waals surface area contributed by atoms with E-state index in [1.165, 1.54) is 43.1 Å². The van der Waals surface area contributed by atoms with Gasteiger partial charge in [0.15, 0.2) is 11.5 Å². The van der Waals surface area contributed by atoms with E-state index < -0.39 is 16.4 Å². The van der Waals surface area contributed by atoms with Crippen molar-refractivity contribution < 1.29 is 19.2 Å². The predicted octanol–water partition coefficient (Wildman–Crippen LogP) is 1.59. The van der Waals surface area contributed by atoms with E-state index in [1.807, 2.05) is 0 Å². The molecule has 0 saturated carbocycles. The highest BCUT2D eigenvalue weighted by Crippen LogP contribution is 2.34. The standard InChI is InChI=1S/C19H18N4O6/c1-28-15-9-12(14(23(26)27)10-16(15)29-2)6-7-20-18(24)13-11-21-17-5-3-4-8-22(17)19(13)25/h3-5,8-11H,6-7H2,1-2H3,(H,20,24). The van der Waals surface area contributed by atoms with E-state index in [9.17, 15) is 19.7 Å². The van der Waals surface area contributed by atoms with E-state index in [0.717, 1.165) is 0 Å². The van der Waals surface area contributed by atoms with Crippen molar-refractivity contribution in [1.29, 1.82) is 0 Å². The third kappa shape index (κ3) is 4.00.